The standard InChI is InChI=1S/C16H20F3NO4S/c1-5-24-14(21)9-12-11-8-10(16(17,18)19)6-7-13(11)25(22,23)20(12)15(2,3)4/h6-8,12H,5,9H2,1-4H3/t12-/m0/s1. The summed E-state index contributed by atoms with van der Waals surface area (Å²) in [6, 6.07) is 1.46. The van der Waals surface area contributed by atoms with E-state index in [4.69, 9.17) is 4.74 Å². The second-order valence-corrected chi connectivity index (χ2v) is 8.53. The van der Waals surface area contributed by atoms with Gasteiger partial charge in [0.1, 0.15) is 0 Å². The summed E-state index contributed by atoms with van der Waals surface area (Å²) >= 11 is 0. The topological polar surface area (TPSA) is 63.7 Å². The van der Waals surface area contributed by atoms with E-state index in [9.17, 15) is 26.4 Å². The van der Waals surface area contributed by atoms with E-state index in [0.29, 0.717) is 0 Å². The fraction of sp³-hybridized carbons (Fsp3) is 0.562. The normalized spacial score (nSPS) is 20.4. The van der Waals surface area contributed by atoms with E-state index in [2.05, 4.69) is 0 Å². The molecule has 0 N–H and O–H groups in total. The van der Waals surface area contributed by atoms with Crippen LogP contribution in [-0.2, 0) is 25.7 Å². The highest BCUT2D eigenvalue weighted by Crippen LogP contribution is 2.47. The van der Waals surface area contributed by atoms with E-state index < -0.39 is 39.3 Å². The summed E-state index contributed by atoms with van der Waals surface area (Å²) in [4.78, 5) is 11.7. The van der Waals surface area contributed by atoms with Crippen LogP contribution >= 0.6 is 0 Å². The van der Waals surface area contributed by atoms with Crippen molar-refractivity contribution in [2.24, 2.45) is 0 Å². The second kappa shape index (κ2) is 6.28. The first-order valence-corrected chi connectivity index (χ1v) is 9.15. The largest absolute Gasteiger partial charge is 0.466 e. The van der Waals surface area contributed by atoms with E-state index in [1.165, 1.54) is 0 Å². The van der Waals surface area contributed by atoms with Crippen molar-refractivity contribution in [3.05, 3.63) is 29.3 Å². The summed E-state index contributed by atoms with van der Waals surface area (Å²) in [5.74, 6) is -0.665. The van der Waals surface area contributed by atoms with E-state index in [1.54, 1.807) is 27.7 Å². The smallest absolute Gasteiger partial charge is 0.416 e. The number of halogens is 3. The lowest BCUT2D eigenvalue weighted by molar-refractivity contribution is -0.144. The second-order valence-electron chi connectivity index (χ2n) is 6.75. The lowest BCUT2D eigenvalue weighted by Crippen LogP contribution is -2.44. The maximum Gasteiger partial charge on any atom is 0.416 e. The van der Waals surface area contributed by atoms with Gasteiger partial charge in [0.15, 0.2) is 0 Å². The number of nitrogens with zero attached hydrogens (tertiary/aromatic N) is 1. The van der Waals surface area contributed by atoms with Crippen LogP contribution in [0.3, 0.4) is 0 Å². The van der Waals surface area contributed by atoms with Crippen LogP contribution < -0.4 is 0 Å². The van der Waals surface area contributed by atoms with Crippen LogP contribution in [0.15, 0.2) is 23.1 Å². The highest BCUT2D eigenvalue weighted by molar-refractivity contribution is 7.89. The molecule has 1 heterocycles. The molecule has 0 saturated carbocycles. The lowest BCUT2D eigenvalue weighted by Gasteiger charge is -2.35. The Morgan fingerprint density at radius 2 is 1.84 bits per heavy atom. The van der Waals surface area contributed by atoms with Gasteiger partial charge in [0.25, 0.3) is 0 Å². The van der Waals surface area contributed by atoms with E-state index in [-0.39, 0.29) is 23.5 Å². The average molecular weight is 379 g/mol. The summed E-state index contributed by atoms with van der Waals surface area (Å²) in [6.07, 6.45) is -4.96. The fourth-order valence-electron chi connectivity index (χ4n) is 3.02. The van der Waals surface area contributed by atoms with Crippen LogP contribution in [0, 0.1) is 0 Å². The third-order valence-corrected chi connectivity index (χ3v) is 6.09. The van der Waals surface area contributed by atoms with Crippen molar-refractivity contribution in [1.82, 2.24) is 4.31 Å². The van der Waals surface area contributed by atoms with Gasteiger partial charge >= 0.3 is 12.1 Å². The minimum atomic E-state index is -4.61. The van der Waals surface area contributed by atoms with Crippen molar-refractivity contribution >= 4 is 16.0 Å². The number of rotatable bonds is 3. The van der Waals surface area contributed by atoms with E-state index >= 15 is 0 Å². The number of ether oxygens (including phenoxy) is 1. The number of carbonyl (C=O) groups excluding carboxylic acids is 1. The molecule has 0 aliphatic carbocycles. The molecule has 1 aliphatic rings. The molecule has 1 aromatic carbocycles. The Bertz CT molecular complexity index is 782. The summed E-state index contributed by atoms with van der Waals surface area (Å²) in [6.45, 7) is 6.57. The monoisotopic (exact) mass is 379 g/mol. The van der Waals surface area contributed by atoms with Gasteiger partial charge in [0.05, 0.1) is 29.5 Å². The minimum Gasteiger partial charge on any atom is -0.466 e. The van der Waals surface area contributed by atoms with Gasteiger partial charge < -0.3 is 4.74 Å². The Balaban J connectivity index is 2.64. The Morgan fingerprint density at radius 3 is 2.32 bits per heavy atom. The number of fused-ring (bicyclic) bond motifs is 1. The quantitative estimate of drug-likeness (QED) is 0.754. The van der Waals surface area contributed by atoms with Crippen molar-refractivity contribution in [2.45, 2.75) is 56.8 Å². The molecule has 1 aromatic rings. The van der Waals surface area contributed by atoms with Gasteiger partial charge in [0.2, 0.25) is 10.0 Å². The Kier molecular flexibility index (Phi) is 4.95. The zero-order valence-electron chi connectivity index (χ0n) is 14.3. The van der Waals surface area contributed by atoms with Crippen molar-refractivity contribution in [3.8, 4) is 0 Å². The Morgan fingerprint density at radius 1 is 1.24 bits per heavy atom. The summed E-state index contributed by atoms with van der Waals surface area (Å²) in [7, 11) is -4.02. The van der Waals surface area contributed by atoms with Gasteiger partial charge in [-0.1, -0.05) is 0 Å². The number of esters is 1. The first-order valence-electron chi connectivity index (χ1n) is 7.71. The molecule has 0 fully saturated rings. The predicted molar refractivity (Wildman–Crippen MR) is 84.2 cm³/mol. The minimum absolute atomic E-state index is 0.0298. The van der Waals surface area contributed by atoms with Crippen molar-refractivity contribution in [1.29, 1.82) is 0 Å². The zero-order valence-corrected chi connectivity index (χ0v) is 15.2. The van der Waals surface area contributed by atoms with Crippen molar-refractivity contribution < 1.29 is 31.1 Å². The molecule has 0 amide bonds. The zero-order chi connectivity index (χ0) is 19.2. The molecular weight excluding hydrogens is 359 g/mol. The van der Waals surface area contributed by atoms with Crippen LogP contribution in [0.1, 0.15) is 51.3 Å². The molecule has 1 aliphatic heterocycles. The van der Waals surface area contributed by atoms with Crippen LogP contribution in [0.2, 0.25) is 0 Å². The fourth-order valence-corrected chi connectivity index (χ4v) is 5.21. The number of sulfonamides is 1. The third kappa shape index (κ3) is 3.67. The molecule has 0 spiro atoms. The predicted octanol–water partition coefficient (Wildman–Crippen LogP) is 3.50. The highest BCUT2D eigenvalue weighted by Gasteiger charge is 2.49. The number of hydrogen-bond donors (Lipinski definition) is 0. The molecule has 1 atom stereocenters. The molecule has 0 bridgehead atoms. The lowest BCUT2D eigenvalue weighted by atomic mass is 9.97. The third-order valence-electron chi connectivity index (χ3n) is 3.84. The van der Waals surface area contributed by atoms with Gasteiger partial charge in [0, 0.05) is 5.54 Å². The van der Waals surface area contributed by atoms with Crippen LogP contribution in [-0.4, -0.2) is 30.8 Å². The van der Waals surface area contributed by atoms with Crippen LogP contribution in [0.4, 0.5) is 13.2 Å². The van der Waals surface area contributed by atoms with Crippen molar-refractivity contribution in [3.63, 3.8) is 0 Å². The van der Waals surface area contributed by atoms with Gasteiger partial charge in [-0.2, -0.15) is 17.5 Å². The number of carbonyl (C=O) groups is 1. The van der Waals surface area contributed by atoms with E-state index in [1.807, 2.05) is 0 Å². The van der Waals surface area contributed by atoms with Crippen LogP contribution in [0.25, 0.3) is 0 Å². The molecule has 9 heteroatoms. The number of hydrogen-bond acceptors (Lipinski definition) is 4. The first kappa shape index (κ1) is 19.7. The molecule has 25 heavy (non-hydrogen) atoms. The molecule has 140 valence electrons. The molecule has 0 unspecified atom stereocenters. The molecule has 0 aromatic heterocycles. The maximum absolute atomic E-state index is 13.0. The van der Waals surface area contributed by atoms with Gasteiger partial charge in [-0.3, -0.25) is 4.79 Å². The average Bonchev–Trinajstić information content (AvgIpc) is 2.65. The van der Waals surface area contributed by atoms with Crippen LogP contribution in [0.5, 0.6) is 0 Å². The van der Waals surface area contributed by atoms with Gasteiger partial charge in [-0.25, -0.2) is 8.42 Å². The molecule has 0 radical (unpaired) electrons. The maximum atomic E-state index is 13.0. The van der Waals surface area contributed by atoms with Crippen molar-refractivity contribution in [2.75, 3.05) is 6.61 Å². The number of alkyl halides is 3. The van der Waals surface area contributed by atoms with Gasteiger partial charge in [-0.05, 0) is 51.5 Å². The summed E-state index contributed by atoms with van der Waals surface area (Å²) in [5, 5.41) is 0. The molecule has 2 rings (SSSR count). The number of benzene rings is 1. The molecular formula is C16H20F3NO4S. The summed E-state index contributed by atoms with van der Waals surface area (Å²) in [5.41, 5.74) is -1.91. The highest BCUT2D eigenvalue weighted by atomic mass is 32.2. The Hall–Kier alpha value is -1.61. The summed E-state index contributed by atoms with van der Waals surface area (Å²) < 4.78 is 70.7. The molecule has 5 nitrogen and oxygen atoms in total. The first-order chi connectivity index (χ1) is 11.3. The Labute approximate surface area is 144 Å². The molecule has 0 saturated heterocycles. The van der Waals surface area contributed by atoms with E-state index in [0.717, 1.165) is 22.5 Å². The van der Waals surface area contributed by atoms with Gasteiger partial charge in [-0.15, -0.1) is 0 Å². The SMILES string of the molecule is CCOC(=O)C[C@H]1c2cc(C(F)(F)F)ccc2S(=O)(=O)N1C(C)(C)C.